The minimum atomic E-state index is 0.346. The van der Waals surface area contributed by atoms with E-state index < -0.39 is 0 Å². The molecule has 2 rings (SSSR count). The topological polar surface area (TPSA) is 29.9 Å². The van der Waals surface area contributed by atoms with Crippen LogP contribution < -0.4 is 5.32 Å². The van der Waals surface area contributed by atoms with E-state index in [0.717, 1.165) is 25.1 Å². The molecule has 0 saturated carbocycles. The zero-order valence-corrected chi connectivity index (χ0v) is 14.0. The Kier molecular flexibility index (Phi) is 5.19. The molecule has 2 aromatic rings. The van der Waals surface area contributed by atoms with Gasteiger partial charge < -0.3 is 5.32 Å². The first-order valence-electron chi connectivity index (χ1n) is 6.58. The van der Waals surface area contributed by atoms with Crippen molar-refractivity contribution < 1.29 is 0 Å². The molecule has 0 aliphatic carbocycles. The summed E-state index contributed by atoms with van der Waals surface area (Å²) in [6.45, 7) is 5.31. The molecule has 2 heterocycles. The molecule has 1 N–H and O–H groups in total. The van der Waals surface area contributed by atoms with Gasteiger partial charge in [-0.1, -0.05) is 6.92 Å². The average Bonchev–Trinajstić information content (AvgIpc) is 2.91. The maximum atomic E-state index is 4.46. The molecule has 0 aliphatic rings. The zero-order chi connectivity index (χ0) is 13.8. The summed E-state index contributed by atoms with van der Waals surface area (Å²) >= 11 is 5.34. The van der Waals surface area contributed by atoms with E-state index in [9.17, 15) is 0 Å². The summed E-state index contributed by atoms with van der Waals surface area (Å²) in [5.41, 5.74) is 2.42. The van der Waals surface area contributed by atoms with Gasteiger partial charge in [0.1, 0.15) is 0 Å². The van der Waals surface area contributed by atoms with E-state index >= 15 is 0 Å². The SMILES string of the molecule is CCCNC(Cc1ccc(Br)s1)c1cn(C)nc1C. The second-order valence-electron chi connectivity index (χ2n) is 4.76. The van der Waals surface area contributed by atoms with Crippen molar-refractivity contribution in [2.24, 2.45) is 7.05 Å². The lowest BCUT2D eigenvalue weighted by Crippen LogP contribution is -2.24. The number of hydrogen-bond acceptors (Lipinski definition) is 3. The highest BCUT2D eigenvalue weighted by Gasteiger charge is 2.17. The minimum absolute atomic E-state index is 0.346. The fourth-order valence-corrected chi connectivity index (χ4v) is 3.76. The lowest BCUT2D eigenvalue weighted by molar-refractivity contribution is 0.530. The van der Waals surface area contributed by atoms with Crippen LogP contribution in [-0.2, 0) is 13.5 Å². The van der Waals surface area contributed by atoms with Gasteiger partial charge in [-0.25, -0.2) is 0 Å². The van der Waals surface area contributed by atoms with Crippen molar-refractivity contribution in [1.82, 2.24) is 15.1 Å². The first-order chi connectivity index (χ1) is 9.10. The summed E-state index contributed by atoms with van der Waals surface area (Å²) < 4.78 is 3.09. The van der Waals surface area contributed by atoms with E-state index in [1.165, 1.54) is 14.2 Å². The number of hydrogen-bond donors (Lipinski definition) is 1. The third kappa shape index (κ3) is 3.91. The highest BCUT2D eigenvalue weighted by Crippen LogP contribution is 2.27. The Balaban J connectivity index is 2.18. The predicted octanol–water partition coefficient (Wildman–Crippen LogP) is 3.84. The van der Waals surface area contributed by atoms with E-state index in [0.29, 0.717) is 6.04 Å². The Morgan fingerprint density at radius 3 is 2.79 bits per heavy atom. The van der Waals surface area contributed by atoms with Gasteiger partial charge in [-0.2, -0.15) is 5.10 Å². The molecule has 2 aromatic heterocycles. The molecule has 0 saturated heterocycles. The molecular formula is C14H20BrN3S. The number of thiophene rings is 1. The largest absolute Gasteiger partial charge is 0.310 e. The van der Waals surface area contributed by atoms with E-state index in [-0.39, 0.29) is 0 Å². The Bertz CT molecular complexity index is 533. The molecule has 0 aliphatic heterocycles. The molecule has 0 amide bonds. The van der Waals surface area contributed by atoms with Crippen LogP contribution in [0, 0.1) is 6.92 Å². The monoisotopic (exact) mass is 341 g/mol. The van der Waals surface area contributed by atoms with Crippen LogP contribution in [0.1, 0.15) is 35.5 Å². The van der Waals surface area contributed by atoms with Gasteiger partial charge in [0, 0.05) is 36.1 Å². The van der Waals surface area contributed by atoms with E-state index in [4.69, 9.17) is 0 Å². The summed E-state index contributed by atoms with van der Waals surface area (Å²) in [6.07, 6.45) is 4.29. The third-order valence-electron chi connectivity index (χ3n) is 3.10. The molecule has 1 atom stereocenters. The maximum absolute atomic E-state index is 4.46. The number of nitrogens with one attached hydrogen (secondary N) is 1. The standard InChI is InChI=1S/C14H20BrN3S/c1-4-7-16-13(8-11-5-6-14(15)19-11)12-9-18(3)17-10(12)2/h5-6,9,13,16H,4,7-8H2,1-3H3. The number of rotatable bonds is 6. The molecule has 3 nitrogen and oxygen atoms in total. The summed E-state index contributed by atoms with van der Waals surface area (Å²) in [7, 11) is 1.98. The lowest BCUT2D eigenvalue weighted by Gasteiger charge is -2.17. The molecule has 104 valence electrons. The molecule has 0 spiro atoms. The van der Waals surface area contributed by atoms with Gasteiger partial charge in [0.15, 0.2) is 0 Å². The van der Waals surface area contributed by atoms with Crippen molar-refractivity contribution in [1.29, 1.82) is 0 Å². The van der Waals surface area contributed by atoms with Crippen molar-refractivity contribution in [3.05, 3.63) is 38.3 Å². The van der Waals surface area contributed by atoms with Gasteiger partial charge in [0.2, 0.25) is 0 Å². The fraction of sp³-hybridized carbons (Fsp3) is 0.500. The molecule has 0 aromatic carbocycles. The van der Waals surface area contributed by atoms with Gasteiger partial charge in [-0.15, -0.1) is 11.3 Å². The van der Waals surface area contributed by atoms with Crippen LogP contribution >= 0.6 is 27.3 Å². The maximum Gasteiger partial charge on any atom is 0.0701 e. The van der Waals surface area contributed by atoms with Crippen molar-refractivity contribution in [2.45, 2.75) is 32.7 Å². The third-order valence-corrected chi connectivity index (χ3v) is 4.75. The van der Waals surface area contributed by atoms with E-state index in [1.807, 2.05) is 11.7 Å². The molecule has 5 heteroatoms. The smallest absolute Gasteiger partial charge is 0.0701 e. The second kappa shape index (κ2) is 6.68. The first-order valence-corrected chi connectivity index (χ1v) is 8.18. The summed E-state index contributed by atoms with van der Waals surface area (Å²) in [5, 5.41) is 8.09. The molecule has 1 unspecified atom stereocenters. The Morgan fingerprint density at radius 1 is 1.47 bits per heavy atom. The van der Waals surface area contributed by atoms with Gasteiger partial charge in [-0.05, 0) is 48.0 Å². The Hall–Kier alpha value is -0.650. The highest BCUT2D eigenvalue weighted by atomic mass is 79.9. The molecular weight excluding hydrogens is 322 g/mol. The quantitative estimate of drug-likeness (QED) is 0.865. The van der Waals surface area contributed by atoms with Gasteiger partial charge in [0.05, 0.1) is 9.48 Å². The molecule has 0 bridgehead atoms. The van der Waals surface area contributed by atoms with Crippen LogP contribution in [0.2, 0.25) is 0 Å². The lowest BCUT2D eigenvalue weighted by atomic mass is 10.0. The Labute approximate surface area is 127 Å². The number of aromatic nitrogens is 2. The fourth-order valence-electron chi connectivity index (χ4n) is 2.23. The number of halogens is 1. The van der Waals surface area contributed by atoms with Crippen molar-refractivity contribution in [3.8, 4) is 0 Å². The van der Waals surface area contributed by atoms with Crippen LogP contribution in [-0.4, -0.2) is 16.3 Å². The van der Waals surface area contributed by atoms with Crippen LogP contribution in [0.25, 0.3) is 0 Å². The molecule has 19 heavy (non-hydrogen) atoms. The van der Waals surface area contributed by atoms with Gasteiger partial charge in [-0.3, -0.25) is 4.68 Å². The first kappa shape index (κ1) is 14.8. The molecule has 0 fully saturated rings. The van der Waals surface area contributed by atoms with Crippen LogP contribution in [0.15, 0.2) is 22.1 Å². The van der Waals surface area contributed by atoms with Crippen LogP contribution in [0.4, 0.5) is 0 Å². The number of aryl methyl sites for hydroxylation is 2. The van der Waals surface area contributed by atoms with Crippen LogP contribution in [0.5, 0.6) is 0 Å². The van der Waals surface area contributed by atoms with E-state index in [1.54, 1.807) is 11.3 Å². The predicted molar refractivity (Wildman–Crippen MR) is 84.7 cm³/mol. The summed E-state index contributed by atoms with van der Waals surface area (Å²) in [5.74, 6) is 0. The number of nitrogens with zero attached hydrogens (tertiary/aromatic N) is 2. The highest BCUT2D eigenvalue weighted by molar-refractivity contribution is 9.11. The van der Waals surface area contributed by atoms with Crippen LogP contribution in [0.3, 0.4) is 0 Å². The van der Waals surface area contributed by atoms with E-state index in [2.05, 4.69) is 58.5 Å². The minimum Gasteiger partial charge on any atom is -0.310 e. The van der Waals surface area contributed by atoms with Crippen molar-refractivity contribution in [2.75, 3.05) is 6.54 Å². The van der Waals surface area contributed by atoms with Gasteiger partial charge >= 0.3 is 0 Å². The van der Waals surface area contributed by atoms with Gasteiger partial charge in [0.25, 0.3) is 0 Å². The normalized spacial score (nSPS) is 12.8. The second-order valence-corrected chi connectivity index (χ2v) is 7.31. The van der Waals surface area contributed by atoms with Crippen molar-refractivity contribution >= 4 is 27.3 Å². The summed E-state index contributed by atoms with van der Waals surface area (Å²) in [4.78, 5) is 1.39. The van der Waals surface area contributed by atoms with Crippen molar-refractivity contribution in [3.63, 3.8) is 0 Å². The zero-order valence-electron chi connectivity index (χ0n) is 11.6. The molecule has 0 radical (unpaired) electrons. The Morgan fingerprint density at radius 2 is 2.26 bits per heavy atom. The summed E-state index contributed by atoms with van der Waals surface area (Å²) in [6, 6.07) is 4.66. The average molecular weight is 342 g/mol.